The molecule has 1 N–H and O–H groups in total. The molecule has 2 rings (SSSR count). The zero-order chi connectivity index (χ0) is 12.6. The van der Waals surface area contributed by atoms with E-state index in [9.17, 15) is 5.11 Å². The lowest BCUT2D eigenvalue weighted by molar-refractivity contribution is 0.0902. The predicted molar refractivity (Wildman–Crippen MR) is 75.8 cm³/mol. The van der Waals surface area contributed by atoms with Crippen molar-refractivity contribution in [2.24, 2.45) is 0 Å². The molecular formula is C15H30N2O. The highest BCUT2D eigenvalue weighted by atomic mass is 16.3. The molecule has 0 aromatic heterocycles. The van der Waals surface area contributed by atoms with Gasteiger partial charge in [0.1, 0.15) is 0 Å². The number of hydrogen-bond acceptors (Lipinski definition) is 3. The lowest BCUT2D eigenvalue weighted by Crippen LogP contribution is -2.46. The molecule has 2 aliphatic heterocycles. The van der Waals surface area contributed by atoms with Gasteiger partial charge < -0.3 is 10.0 Å². The lowest BCUT2D eigenvalue weighted by Gasteiger charge is -2.33. The van der Waals surface area contributed by atoms with Crippen molar-refractivity contribution < 1.29 is 5.11 Å². The summed E-state index contributed by atoms with van der Waals surface area (Å²) in [4.78, 5) is 5.12. The molecular weight excluding hydrogens is 224 g/mol. The van der Waals surface area contributed by atoms with E-state index in [-0.39, 0.29) is 0 Å². The van der Waals surface area contributed by atoms with E-state index in [0.29, 0.717) is 12.6 Å². The van der Waals surface area contributed by atoms with E-state index in [1.807, 2.05) is 0 Å². The molecule has 106 valence electrons. The van der Waals surface area contributed by atoms with Crippen LogP contribution in [0.4, 0.5) is 0 Å². The summed E-state index contributed by atoms with van der Waals surface area (Å²) >= 11 is 0. The van der Waals surface area contributed by atoms with Gasteiger partial charge in [-0.15, -0.1) is 0 Å². The fraction of sp³-hybridized carbons (Fsp3) is 1.00. The topological polar surface area (TPSA) is 26.7 Å². The van der Waals surface area contributed by atoms with E-state index in [4.69, 9.17) is 0 Å². The van der Waals surface area contributed by atoms with Crippen LogP contribution < -0.4 is 0 Å². The number of hydrogen-bond donors (Lipinski definition) is 1. The molecule has 2 fully saturated rings. The van der Waals surface area contributed by atoms with Gasteiger partial charge in [0, 0.05) is 12.6 Å². The monoisotopic (exact) mass is 254 g/mol. The van der Waals surface area contributed by atoms with Gasteiger partial charge in [-0.05, 0) is 51.9 Å². The molecule has 0 aliphatic carbocycles. The van der Waals surface area contributed by atoms with E-state index in [2.05, 4.69) is 9.80 Å². The van der Waals surface area contributed by atoms with Crippen LogP contribution in [0, 0.1) is 0 Å². The molecule has 1 atom stereocenters. The van der Waals surface area contributed by atoms with Crippen LogP contribution in [0.2, 0.25) is 0 Å². The Balaban J connectivity index is 1.82. The molecule has 0 amide bonds. The van der Waals surface area contributed by atoms with Crippen molar-refractivity contribution >= 4 is 0 Å². The van der Waals surface area contributed by atoms with Crippen molar-refractivity contribution in [2.45, 2.75) is 57.4 Å². The molecule has 2 heterocycles. The first-order valence-corrected chi connectivity index (χ1v) is 7.97. The first-order chi connectivity index (χ1) is 8.90. The van der Waals surface area contributed by atoms with Gasteiger partial charge in [-0.2, -0.15) is 0 Å². The smallest absolute Gasteiger partial charge is 0.0599 e. The summed E-state index contributed by atoms with van der Waals surface area (Å²) in [6.07, 6.45) is 10.9. The summed E-state index contributed by atoms with van der Waals surface area (Å²) in [6.45, 7) is 6.28. The predicted octanol–water partition coefficient (Wildman–Crippen LogP) is 2.10. The van der Waals surface area contributed by atoms with Gasteiger partial charge in [-0.3, -0.25) is 4.90 Å². The van der Waals surface area contributed by atoms with Crippen molar-refractivity contribution in [1.29, 1.82) is 0 Å². The molecule has 0 bridgehead atoms. The Bertz CT molecular complexity index is 207. The summed E-state index contributed by atoms with van der Waals surface area (Å²) in [5, 5.41) is 9.70. The van der Waals surface area contributed by atoms with E-state index in [1.54, 1.807) is 0 Å². The summed E-state index contributed by atoms with van der Waals surface area (Å²) < 4.78 is 0. The molecule has 2 aliphatic rings. The minimum absolute atomic E-state index is 0.330. The molecule has 0 saturated carbocycles. The molecule has 0 spiro atoms. The Morgan fingerprint density at radius 3 is 1.72 bits per heavy atom. The van der Waals surface area contributed by atoms with E-state index in [1.165, 1.54) is 77.5 Å². The van der Waals surface area contributed by atoms with Crippen molar-refractivity contribution in [3.05, 3.63) is 0 Å². The highest BCUT2D eigenvalue weighted by Gasteiger charge is 2.22. The van der Waals surface area contributed by atoms with Crippen LogP contribution in [0.25, 0.3) is 0 Å². The Hall–Kier alpha value is -0.120. The first-order valence-electron chi connectivity index (χ1n) is 7.97. The third-order valence-electron chi connectivity index (χ3n) is 4.54. The van der Waals surface area contributed by atoms with Crippen LogP contribution in [-0.4, -0.2) is 60.3 Å². The Kier molecular flexibility index (Phi) is 6.46. The van der Waals surface area contributed by atoms with Gasteiger partial charge in [0.15, 0.2) is 0 Å². The normalized spacial score (nSPS) is 26.5. The SMILES string of the molecule is OCC(CN1CCCCCC1)N1CCCCCC1. The fourth-order valence-corrected chi connectivity index (χ4v) is 3.37. The zero-order valence-electron chi connectivity index (χ0n) is 11.8. The third kappa shape index (κ3) is 4.52. The second-order valence-corrected chi connectivity index (χ2v) is 6.00. The van der Waals surface area contributed by atoms with Gasteiger partial charge in [0.2, 0.25) is 0 Å². The molecule has 3 nitrogen and oxygen atoms in total. The molecule has 0 aromatic carbocycles. The van der Waals surface area contributed by atoms with Gasteiger partial charge in [0.05, 0.1) is 6.61 Å². The summed E-state index contributed by atoms with van der Waals surface area (Å²) in [5.74, 6) is 0. The van der Waals surface area contributed by atoms with Crippen LogP contribution in [-0.2, 0) is 0 Å². The Morgan fingerprint density at radius 1 is 0.722 bits per heavy atom. The number of aliphatic hydroxyl groups excluding tert-OH is 1. The summed E-state index contributed by atoms with van der Waals surface area (Å²) in [7, 11) is 0. The average molecular weight is 254 g/mol. The maximum absolute atomic E-state index is 9.70. The number of rotatable bonds is 4. The lowest BCUT2D eigenvalue weighted by atomic mass is 10.2. The molecule has 1 unspecified atom stereocenters. The van der Waals surface area contributed by atoms with Gasteiger partial charge in [-0.25, -0.2) is 0 Å². The highest BCUT2D eigenvalue weighted by molar-refractivity contribution is 4.78. The Labute approximate surface area is 112 Å². The second kappa shape index (κ2) is 8.13. The molecule has 0 radical (unpaired) electrons. The van der Waals surface area contributed by atoms with Crippen molar-refractivity contribution in [1.82, 2.24) is 9.80 Å². The van der Waals surface area contributed by atoms with E-state index >= 15 is 0 Å². The molecule has 18 heavy (non-hydrogen) atoms. The third-order valence-corrected chi connectivity index (χ3v) is 4.54. The second-order valence-electron chi connectivity index (χ2n) is 6.00. The minimum Gasteiger partial charge on any atom is -0.395 e. The van der Waals surface area contributed by atoms with Crippen LogP contribution in [0.1, 0.15) is 51.4 Å². The summed E-state index contributed by atoms with van der Waals surface area (Å²) in [6, 6.07) is 0.376. The first kappa shape index (κ1) is 14.3. The van der Waals surface area contributed by atoms with Crippen molar-refractivity contribution in [3.63, 3.8) is 0 Å². The number of nitrogens with zero attached hydrogens (tertiary/aromatic N) is 2. The molecule has 3 heteroatoms. The van der Waals surface area contributed by atoms with Crippen LogP contribution >= 0.6 is 0 Å². The molecule has 2 saturated heterocycles. The largest absolute Gasteiger partial charge is 0.395 e. The minimum atomic E-state index is 0.330. The van der Waals surface area contributed by atoms with Gasteiger partial charge >= 0.3 is 0 Å². The summed E-state index contributed by atoms with van der Waals surface area (Å²) in [5.41, 5.74) is 0. The van der Waals surface area contributed by atoms with Crippen LogP contribution in [0.5, 0.6) is 0 Å². The maximum Gasteiger partial charge on any atom is 0.0599 e. The van der Waals surface area contributed by atoms with Crippen LogP contribution in [0.3, 0.4) is 0 Å². The molecule has 0 aromatic rings. The number of likely N-dealkylation sites (tertiary alicyclic amines) is 2. The maximum atomic E-state index is 9.70. The van der Waals surface area contributed by atoms with E-state index < -0.39 is 0 Å². The van der Waals surface area contributed by atoms with Crippen molar-refractivity contribution in [2.75, 3.05) is 39.3 Å². The van der Waals surface area contributed by atoms with Crippen LogP contribution in [0.15, 0.2) is 0 Å². The zero-order valence-corrected chi connectivity index (χ0v) is 11.8. The quantitative estimate of drug-likeness (QED) is 0.832. The number of aliphatic hydroxyl groups is 1. The van der Waals surface area contributed by atoms with Gasteiger partial charge in [0.25, 0.3) is 0 Å². The Morgan fingerprint density at radius 2 is 1.22 bits per heavy atom. The van der Waals surface area contributed by atoms with Gasteiger partial charge in [-0.1, -0.05) is 25.7 Å². The van der Waals surface area contributed by atoms with E-state index in [0.717, 1.165) is 6.54 Å². The fourth-order valence-electron chi connectivity index (χ4n) is 3.37. The average Bonchev–Trinajstić information content (AvgIpc) is 2.80. The standard InChI is InChI=1S/C15H30N2O/c18-14-15(17-11-7-3-4-8-12-17)13-16-9-5-1-2-6-10-16/h15,18H,1-14H2. The highest BCUT2D eigenvalue weighted by Crippen LogP contribution is 2.15. The van der Waals surface area contributed by atoms with Crippen molar-refractivity contribution in [3.8, 4) is 0 Å².